The molecule has 1 saturated carbocycles. The van der Waals surface area contributed by atoms with Crippen molar-refractivity contribution >= 4 is 37.1 Å². The summed E-state index contributed by atoms with van der Waals surface area (Å²) >= 11 is 0. The van der Waals surface area contributed by atoms with Gasteiger partial charge in [0, 0.05) is 12.1 Å². The molecule has 0 unspecified atom stereocenters. The average Bonchev–Trinajstić information content (AvgIpc) is 3.07. The molecule has 0 aromatic heterocycles. The first-order valence-electron chi connectivity index (χ1n) is 8.28. The minimum Gasteiger partial charge on any atom is -0.495 e. The predicted octanol–water partition coefficient (Wildman–Crippen LogP) is 1.75. The highest BCUT2D eigenvalue weighted by molar-refractivity contribution is 7.92. The summed E-state index contributed by atoms with van der Waals surface area (Å²) < 4.78 is 54.7. The van der Waals surface area contributed by atoms with Crippen LogP contribution in [0.3, 0.4) is 0 Å². The Morgan fingerprint density at radius 1 is 1.19 bits per heavy atom. The molecule has 0 bridgehead atoms. The zero-order valence-electron chi connectivity index (χ0n) is 14.8. The maximum absolute atomic E-state index is 12.2. The molecule has 0 atom stereocenters. The van der Waals surface area contributed by atoms with Crippen LogP contribution in [0.15, 0.2) is 18.2 Å². The van der Waals surface area contributed by atoms with Gasteiger partial charge in [-0.2, -0.15) is 0 Å². The number of hydrogen-bond donors (Lipinski definition) is 2. The minimum absolute atomic E-state index is 0.139. The molecule has 0 radical (unpaired) electrons. The quantitative estimate of drug-likeness (QED) is 0.681. The van der Waals surface area contributed by atoms with Gasteiger partial charge >= 0.3 is 0 Å². The third-order valence-electron chi connectivity index (χ3n) is 4.20. The summed E-state index contributed by atoms with van der Waals surface area (Å²) in [7, 11) is -5.38. The number of rotatable bonds is 8. The van der Waals surface area contributed by atoms with Crippen LogP contribution in [0.2, 0.25) is 0 Å². The fraction of sp³-hybridized carbons (Fsp3) is 0.562. The van der Waals surface area contributed by atoms with Gasteiger partial charge in [-0.3, -0.25) is 9.52 Å². The Hall–Kier alpha value is -1.81. The second kappa shape index (κ2) is 8.26. The van der Waals surface area contributed by atoms with Crippen LogP contribution < -0.4 is 14.8 Å². The van der Waals surface area contributed by atoms with Gasteiger partial charge in [0.15, 0.2) is 9.84 Å². The van der Waals surface area contributed by atoms with Gasteiger partial charge in [0.05, 0.1) is 30.1 Å². The molecule has 1 aliphatic carbocycles. The predicted molar refractivity (Wildman–Crippen MR) is 101 cm³/mol. The lowest BCUT2D eigenvalue weighted by Crippen LogP contribution is -2.24. The number of carbonyl (C=O) groups is 1. The molecule has 0 saturated heterocycles. The number of anilines is 2. The molecule has 26 heavy (non-hydrogen) atoms. The van der Waals surface area contributed by atoms with Crippen molar-refractivity contribution < 1.29 is 26.4 Å². The highest BCUT2D eigenvalue weighted by atomic mass is 32.2. The van der Waals surface area contributed by atoms with Crippen LogP contribution in [0.1, 0.15) is 32.1 Å². The molecule has 1 fully saturated rings. The molecule has 146 valence electrons. The van der Waals surface area contributed by atoms with Crippen molar-refractivity contribution in [3.05, 3.63) is 18.2 Å². The Labute approximate surface area is 154 Å². The van der Waals surface area contributed by atoms with Gasteiger partial charge < -0.3 is 10.1 Å². The SMILES string of the molecule is COc1ccc(NC(=O)CCS(=O)(=O)C2CCCC2)cc1NS(C)(=O)=O. The second-order valence-corrected chi connectivity index (χ2v) is 10.5. The topological polar surface area (TPSA) is 119 Å². The first-order chi connectivity index (χ1) is 12.1. The first-order valence-corrected chi connectivity index (χ1v) is 11.9. The molecular formula is C16H24N2O6S2. The average molecular weight is 405 g/mol. The Kier molecular flexibility index (Phi) is 6.51. The van der Waals surface area contributed by atoms with Gasteiger partial charge in [0.2, 0.25) is 15.9 Å². The summed E-state index contributed by atoms with van der Waals surface area (Å²) in [5.74, 6) is -0.326. The molecular weight excluding hydrogens is 380 g/mol. The Bertz CT molecular complexity index is 859. The monoisotopic (exact) mass is 404 g/mol. The molecule has 8 nitrogen and oxygen atoms in total. The van der Waals surface area contributed by atoms with Crippen LogP contribution in [0.4, 0.5) is 11.4 Å². The summed E-state index contributed by atoms with van der Waals surface area (Å²) in [5.41, 5.74) is 0.534. The van der Waals surface area contributed by atoms with Crippen LogP contribution in [0.25, 0.3) is 0 Å². The van der Waals surface area contributed by atoms with Crippen LogP contribution in [-0.2, 0) is 24.7 Å². The van der Waals surface area contributed by atoms with E-state index < -0.39 is 25.8 Å². The van der Waals surface area contributed by atoms with E-state index in [-0.39, 0.29) is 23.1 Å². The van der Waals surface area contributed by atoms with Gasteiger partial charge in [0.1, 0.15) is 5.75 Å². The van der Waals surface area contributed by atoms with E-state index in [1.807, 2.05) is 0 Å². The standard InChI is InChI=1S/C16H24N2O6S2/c1-24-15-8-7-12(11-14(15)18-25(2,20)21)17-16(19)9-10-26(22,23)13-5-3-4-6-13/h7-8,11,13,18H,3-6,9-10H2,1-2H3,(H,17,19). The zero-order valence-corrected chi connectivity index (χ0v) is 16.5. The Balaban J connectivity index is 2.01. The number of nitrogens with one attached hydrogen (secondary N) is 2. The minimum atomic E-state index is -3.52. The number of carbonyl (C=O) groups excluding carboxylic acids is 1. The van der Waals surface area contributed by atoms with E-state index in [9.17, 15) is 21.6 Å². The lowest BCUT2D eigenvalue weighted by atomic mass is 10.2. The number of hydrogen-bond acceptors (Lipinski definition) is 6. The van der Waals surface area contributed by atoms with Crippen molar-refractivity contribution in [1.82, 2.24) is 0 Å². The van der Waals surface area contributed by atoms with E-state index in [1.165, 1.54) is 19.2 Å². The van der Waals surface area contributed by atoms with Gasteiger partial charge in [0.25, 0.3) is 0 Å². The van der Waals surface area contributed by atoms with Crippen molar-refractivity contribution in [3.8, 4) is 5.75 Å². The normalized spacial score (nSPS) is 15.6. The Morgan fingerprint density at radius 3 is 2.42 bits per heavy atom. The number of amides is 1. The summed E-state index contributed by atoms with van der Waals surface area (Å²) in [5, 5.41) is 2.26. The van der Waals surface area contributed by atoms with Crippen molar-refractivity contribution in [2.75, 3.05) is 29.2 Å². The van der Waals surface area contributed by atoms with Gasteiger partial charge in [-0.1, -0.05) is 12.8 Å². The zero-order chi connectivity index (χ0) is 19.4. The lowest BCUT2D eigenvalue weighted by Gasteiger charge is -2.13. The number of sulfonamides is 1. The summed E-state index contributed by atoms with van der Waals surface area (Å²) in [4.78, 5) is 12.1. The second-order valence-electron chi connectivity index (χ2n) is 6.36. The first kappa shape index (κ1) is 20.5. The number of methoxy groups -OCH3 is 1. The maximum Gasteiger partial charge on any atom is 0.229 e. The van der Waals surface area contributed by atoms with E-state index in [4.69, 9.17) is 4.74 Å². The number of sulfone groups is 1. The van der Waals surface area contributed by atoms with Crippen molar-refractivity contribution in [2.45, 2.75) is 37.4 Å². The largest absolute Gasteiger partial charge is 0.495 e. The van der Waals surface area contributed by atoms with Crippen LogP contribution in [-0.4, -0.2) is 47.1 Å². The van der Waals surface area contributed by atoms with E-state index in [2.05, 4.69) is 10.0 Å². The molecule has 0 spiro atoms. The van der Waals surface area contributed by atoms with Gasteiger partial charge in [-0.25, -0.2) is 16.8 Å². The highest BCUT2D eigenvalue weighted by Crippen LogP contribution is 2.29. The van der Waals surface area contributed by atoms with Crippen LogP contribution in [0.5, 0.6) is 5.75 Å². The summed E-state index contributed by atoms with van der Waals surface area (Å²) in [6.07, 6.45) is 4.04. The van der Waals surface area contributed by atoms with Crippen molar-refractivity contribution in [2.24, 2.45) is 0 Å². The van der Waals surface area contributed by atoms with Gasteiger partial charge in [-0.15, -0.1) is 0 Å². The van der Waals surface area contributed by atoms with E-state index in [1.54, 1.807) is 6.07 Å². The Morgan fingerprint density at radius 2 is 1.85 bits per heavy atom. The van der Waals surface area contributed by atoms with Crippen LogP contribution in [0, 0.1) is 0 Å². The smallest absolute Gasteiger partial charge is 0.229 e. The molecule has 2 N–H and O–H groups in total. The van der Waals surface area contributed by atoms with Gasteiger partial charge in [-0.05, 0) is 31.0 Å². The highest BCUT2D eigenvalue weighted by Gasteiger charge is 2.28. The molecule has 0 heterocycles. The molecule has 1 amide bonds. The third kappa shape index (κ3) is 5.87. The van der Waals surface area contributed by atoms with E-state index in [0.717, 1.165) is 19.1 Å². The third-order valence-corrected chi connectivity index (χ3v) is 7.05. The van der Waals surface area contributed by atoms with Crippen LogP contribution >= 0.6 is 0 Å². The molecule has 2 rings (SSSR count). The molecule has 1 aliphatic rings. The summed E-state index contributed by atoms with van der Waals surface area (Å²) in [6, 6.07) is 4.48. The fourth-order valence-electron chi connectivity index (χ4n) is 2.94. The fourth-order valence-corrected chi connectivity index (χ4v) is 5.35. The van der Waals surface area contributed by atoms with E-state index >= 15 is 0 Å². The molecule has 1 aromatic rings. The molecule has 10 heteroatoms. The molecule has 1 aromatic carbocycles. The van der Waals surface area contributed by atoms with E-state index in [0.29, 0.717) is 24.3 Å². The maximum atomic E-state index is 12.2. The molecule has 0 aliphatic heterocycles. The lowest BCUT2D eigenvalue weighted by molar-refractivity contribution is -0.115. The number of ether oxygens (including phenoxy) is 1. The van der Waals surface area contributed by atoms with Crippen molar-refractivity contribution in [3.63, 3.8) is 0 Å². The summed E-state index contributed by atoms with van der Waals surface area (Å²) in [6.45, 7) is 0. The van der Waals surface area contributed by atoms with Crippen molar-refractivity contribution in [1.29, 1.82) is 0 Å². The number of benzene rings is 1.